The molecular formula is C22H25IN8O. The van der Waals surface area contributed by atoms with Gasteiger partial charge in [-0.05, 0) is 42.3 Å². The van der Waals surface area contributed by atoms with Gasteiger partial charge in [-0.2, -0.15) is 10.1 Å². The van der Waals surface area contributed by atoms with Crippen LogP contribution in [0.25, 0.3) is 17.3 Å². The Bertz CT molecular complexity index is 1090. The molecule has 1 aromatic carbocycles. The molecule has 4 aromatic rings. The summed E-state index contributed by atoms with van der Waals surface area (Å²) in [5.41, 5.74) is 2.96. The van der Waals surface area contributed by atoms with E-state index in [0.29, 0.717) is 30.4 Å². The molecule has 0 saturated heterocycles. The first-order valence-electron chi connectivity index (χ1n) is 10.1. The number of nitrogens with zero attached hydrogens (tertiary/aromatic N) is 6. The second-order valence-corrected chi connectivity index (χ2v) is 6.77. The van der Waals surface area contributed by atoms with Gasteiger partial charge in [0.25, 0.3) is 5.89 Å². The van der Waals surface area contributed by atoms with Crippen LogP contribution < -0.4 is 10.6 Å². The molecule has 10 heteroatoms. The predicted molar refractivity (Wildman–Crippen MR) is 133 cm³/mol. The number of aliphatic imine (C=N–C) groups is 1. The van der Waals surface area contributed by atoms with Gasteiger partial charge in [-0.25, -0.2) is 4.68 Å². The standard InChI is InChI=1S/C22H24N8O.HI/c1-23-22(25-14-10-17-6-8-18(9-7-17)30-16-4-13-27-30)26-15-11-20-28-21(31-29-20)19-5-2-3-12-24-19;/h2-9,12-13,16H,10-11,14-15H2,1H3,(H2,23,25,26);1H. The van der Waals surface area contributed by atoms with Crippen molar-refractivity contribution in [3.63, 3.8) is 0 Å². The zero-order chi connectivity index (χ0) is 21.3. The van der Waals surface area contributed by atoms with Crippen molar-refractivity contribution in [2.45, 2.75) is 12.8 Å². The molecule has 0 spiro atoms. The molecule has 2 N–H and O–H groups in total. The number of aromatic nitrogens is 5. The highest BCUT2D eigenvalue weighted by molar-refractivity contribution is 14.0. The Kier molecular flexibility index (Phi) is 8.72. The van der Waals surface area contributed by atoms with Crippen LogP contribution in [0.3, 0.4) is 0 Å². The molecule has 0 amide bonds. The molecule has 0 atom stereocenters. The maximum atomic E-state index is 5.28. The number of pyridine rings is 1. The number of hydrogen-bond donors (Lipinski definition) is 2. The van der Waals surface area contributed by atoms with Crippen molar-refractivity contribution in [3.05, 3.63) is 78.5 Å². The Balaban J connectivity index is 0.00000289. The fourth-order valence-electron chi connectivity index (χ4n) is 3.02. The lowest BCUT2D eigenvalue weighted by Gasteiger charge is -2.11. The normalized spacial score (nSPS) is 11.1. The number of nitrogens with one attached hydrogen (secondary N) is 2. The monoisotopic (exact) mass is 544 g/mol. The summed E-state index contributed by atoms with van der Waals surface area (Å²) in [6.45, 7) is 1.41. The number of guanidine groups is 1. The molecule has 9 nitrogen and oxygen atoms in total. The third-order valence-corrected chi connectivity index (χ3v) is 4.63. The van der Waals surface area contributed by atoms with E-state index in [1.807, 2.05) is 35.1 Å². The van der Waals surface area contributed by atoms with Crippen molar-refractivity contribution < 1.29 is 4.52 Å². The average molecular weight is 544 g/mol. The number of benzene rings is 1. The van der Waals surface area contributed by atoms with E-state index >= 15 is 0 Å². The Morgan fingerprint density at radius 1 is 1.00 bits per heavy atom. The molecule has 0 aliphatic carbocycles. The molecule has 0 radical (unpaired) electrons. The van der Waals surface area contributed by atoms with Crippen molar-refractivity contribution >= 4 is 29.9 Å². The third kappa shape index (κ3) is 6.36. The number of hydrogen-bond acceptors (Lipinski definition) is 6. The van der Waals surface area contributed by atoms with Gasteiger partial charge in [0.2, 0.25) is 0 Å². The summed E-state index contributed by atoms with van der Waals surface area (Å²) in [5, 5.41) is 14.8. The van der Waals surface area contributed by atoms with E-state index in [9.17, 15) is 0 Å². The van der Waals surface area contributed by atoms with Crippen molar-refractivity contribution in [1.82, 2.24) is 35.5 Å². The van der Waals surface area contributed by atoms with Gasteiger partial charge < -0.3 is 15.2 Å². The van der Waals surface area contributed by atoms with Gasteiger partial charge in [0, 0.05) is 45.1 Å². The largest absolute Gasteiger partial charge is 0.356 e. The van der Waals surface area contributed by atoms with Crippen LogP contribution in [0.4, 0.5) is 0 Å². The average Bonchev–Trinajstić information content (AvgIpc) is 3.52. The van der Waals surface area contributed by atoms with Crippen LogP contribution in [0.1, 0.15) is 11.4 Å². The maximum absolute atomic E-state index is 5.28. The van der Waals surface area contributed by atoms with E-state index in [0.717, 1.165) is 24.6 Å². The molecule has 32 heavy (non-hydrogen) atoms. The highest BCUT2D eigenvalue weighted by atomic mass is 127. The molecule has 0 saturated carbocycles. The smallest absolute Gasteiger partial charge is 0.276 e. The van der Waals surface area contributed by atoms with Gasteiger partial charge in [0.1, 0.15) is 5.69 Å². The zero-order valence-electron chi connectivity index (χ0n) is 17.7. The zero-order valence-corrected chi connectivity index (χ0v) is 20.0. The summed E-state index contributed by atoms with van der Waals surface area (Å²) in [6.07, 6.45) is 6.91. The molecule has 0 unspecified atom stereocenters. The van der Waals surface area contributed by atoms with Gasteiger partial charge in [0.05, 0.1) is 5.69 Å². The first-order valence-corrected chi connectivity index (χ1v) is 10.1. The van der Waals surface area contributed by atoms with Crippen LogP contribution in [0.5, 0.6) is 0 Å². The van der Waals surface area contributed by atoms with Crippen molar-refractivity contribution in [2.24, 2.45) is 4.99 Å². The minimum absolute atomic E-state index is 0. The van der Waals surface area contributed by atoms with E-state index in [2.05, 4.69) is 60.1 Å². The van der Waals surface area contributed by atoms with Gasteiger partial charge in [-0.1, -0.05) is 23.4 Å². The van der Waals surface area contributed by atoms with Crippen molar-refractivity contribution in [3.8, 4) is 17.3 Å². The topological polar surface area (TPSA) is 106 Å². The third-order valence-electron chi connectivity index (χ3n) is 4.63. The van der Waals surface area contributed by atoms with Crippen molar-refractivity contribution in [1.29, 1.82) is 0 Å². The Morgan fingerprint density at radius 2 is 1.81 bits per heavy atom. The van der Waals surface area contributed by atoms with E-state index in [1.54, 1.807) is 19.4 Å². The van der Waals surface area contributed by atoms with Gasteiger partial charge in [-0.3, -0.25) is 9.98 Å². The highest BCUT2D eigenvalue weighted by Crippen LogP contribution is 2.13. The van der Waals surface area contributed by atoms with E-state index in [1.165, 1.54) is 5.56 Å². The van der Waals surface area contributed by atoms with E-state index < -0.39 is 0 Å². The first kappa shape index (κ1) is 23.4. The fourth-order valence-corrected chi connectivity index (χ4v) is 3.02. The lowest BCUT2D eigenvalue weighted by Crippen LogP contribution is -2.39. The Labute approximate surface area is 203 Å². The summed E-state index contributed by atoms with van der Waals surface area (Å²) in [6, 6.07) is 15.9. The SMILES string of the molecule is CN=C(NCCc1ccc(-n2cccn2)cc1)NCCc1noc(-c2ccccn2)n1.I. The summed E-state index contributed by atoms with van der Waals surface area (Å²) >= 11 is 0. The fraction of sp³-hybridized carbons (Fsp3) is 0.227. The van der Waals surface area contributed by atoms with Crippen LogP contribution in [-0.4, -0.2) is 51.0 Å². The number of halogens is 1. The van der Waals surface area contributed by atoms with E-state index in [-0.39, 0.29) is 24.0 Å². The molecule has 0 aliphatic heterocycles. The van der Waals surface area contributed by atoms with Crippen LogP contribution in [0.2, 0.25) is 0 Å². The summed E-state index contributed by atoms with van der Waals surface area (Å²) in [7, 11) is 1.75. The van der Waals surface area contributed by atoms with Gasteiger partial charge in [0.15, 0.2) is 11.8 Å². The van der Waals surface area contributed by atoms with E-state index in [4.69, 9.17) is 4.52 Å². The summed E-state index contributed by atoms with van der Waals surface area (Å²) in [5.74, 6) is 1.79. The molecule has 3 aromatic heterocycles. The lowest BCUT2D eigenvalue weighted by molar-refractivity contribution is 0.421. The lowest BCUT2D eigenvalue weighted by atomic mass is 10.1. The number of rotatable bonds is 8. The van der Waals surface area contributed by atoms with Crippen LogP contribution in [0, 0.1) is 0 Å². The minimum atomic E-state index is 0. The van der Waals surface area contributed by atoms with Crippen molar-refractivity contribution in [2.75, 3.05) is 20.1 Å². The van der Waals surface area contributed by atoms with Crippen LogP contribution in [0.15, 0.2) is 76.6 Å². The molecule has 0 bridgehead atoms. The molecule has 4 rings (SSSR count). The van der Waals surface area contributed by atoms with Gasteiger partial charge >= 0.3 is 0 Å². The molecule has 0 aliphatic rings. The Morgan fingerprint density at radius 3 is 2.50 bits per heavy atom. The second-order valence-electron chi connectivity index (χ2n) is 6.77. The molecule has 0 fully saturated rings. The summed E-state index contributed by atoms with van der Waals surface area (Å²) < 4.78 is 7.12. The highest BCUT2D eigenvalue weighted by Gasteiger charge is 2.09. The maximum Gasteiger partial charge on any atom is 0.276 e. The second kappa shape index (κ2) is 11.9. The predicted octanol–water partition coefficient (Wildman–Crippen LogP) is 2.89. The van der Waals surface area contributed by atoms with Gasteiger partial charge in [-0.15, -0.1) is 24.0 Å². The Hall–Kier alpha value is -3.28. The molecular weight excluding hydrogens is 519 g/mol. The summed E-state index contributed by atoms with van der Waals surface area (Å²) in [4.78, 5) is 12.9. The minimum Gasteiger partial charge on any atom is -0.356 e. The molecule has 166 valence electrons. The molecule has 3 heterocycles. The quantitative estimate of drug-likeness (QED) is 0.200. The first-order chi connectivity index (χ1) is 15.3. The van der Waals surface area contributed by atoms with Crippen LogP contribution >= 0.6 is 24.0 Å². The van der Waals surface area contributed by atoms with Crippen LogP contribution in [-0.2, 0) is 12.8 Å².